The molecule has 4 rings (SSSR count). The predicted octanol–water partition coefficient (Wildman–Crippen LogP) is 4.46. The topological polar surface area (TPSA) is 106 Å². The lowest BCUT2D eigenvalue weighted by atomic mass is 9.82. The third-order valence-electron chi connectivity index (χ3n) is 5.72. The van der Waals surface area contributed by atoms with Crippen LogP contribution in [-0.2, 0) is 16.0 Å². The van der Waals surface area contributed by atoms with E-state index in [0.29, 0.717) is 30.2 Å². The van der Waals surface area contributed by atoms with E-state index >= 15 is 0 Å². The maximum atomic E-state index is 13.4. The van der Waals surface area contributed by atoms with Crippen molar-refractivity contribution < 1.29 is 19.4 Å². The third kappa shape index (κ3) is 5.75. The van der Waals surface area contributed by atoms with Crippen molar-refractivity contribution in [3.05, 3.63) is 98.4 Å². The Labute approximate surface area is 220 Å². The Morgan fingerprint density at radius 3 is 2.26 bits per heavy atom. The van der Waals surface area contributed by atoms with Crippen LogP contribution in [-0.4, -0.2) is 35.7 Å². The molecule has 1 aliphatic rings. The zero-order valence-corrected chi connectivity index (χ0v) is 22.0. The molecule has 3 aromatic carbocycles. The van der Waals surface area contributed by atoms with Crippen LogP contribution in [0.1, 0.15) is 29.2 Å². The van der Waals surface area contributed by atoms with Gasteiger partial charge in [-0.25, -0.2) is 10.8 Å². The number of carbonyl (C=O) groups is 1. The number of benzene rings is 3. The number of rotatable bonds is 9. The van der Waals surface area contributed by atoms with E-state index in [4.69, 9.17) is 25.4 Å². The molecule has 35 heavy (non-hydrogen) atoms. The molecular formula is C26H25Br2N3O4. The molecule has 1 aliphatic heterocycles. The van der Waals surface area contributed by atoms with Gasteiger partial charge in [0.15, 0.2) is 11.6 Å². The van der Waals surface area contributed by atoms with Crippen LogP contribution in [0.5, 0.6) is 5.75 Å². The fraction of sp³-hybridized carbons (Fsp3) is 0.231. The van der Waals surface area contributed by atoms with Crippen molar-refractivity contribution >= 4 is 43.7 Å². The van der Waals surface area contributed by atoms with Crippen LogP contribution in [0.3, 0.4) is 0 Å². The second-order valence-electron chi connectivity index (χ2n) is 8.12. The molecule has 0 unspecified atom stereocenters. The summed E-state index contributed by atoms with van der Waals surface area (Å²) < 4.78 is 13.9. The van der Waals surface area contributed by atoms with Crippen molar-refractivity contribution in [2.24, 2.45) is 10.8 Å². The summed E-state index contributed by atoms with van der Waals surface area (Å²) in [5.41, 5.74) is 3.43. The molecule has 1 amide bonds. The molecule has 0 fully saturated rings. The van der Waals surface area contributed by atoms with Gasteiger partial charge in [0.05, 0.1) is 6.61 Å². The number of nitrogens with zero attached hydrogens (tertiary/aromatic N) is 1. The van der Waals surface area contributed by atoms with Crippen molar-refractivity contribution in [2.45, 2.75) is 24.5 Å². The molecule has 7 nitrogen and oxygen atoms in total. The highest BCUT2D eigenvalue weighted by atomic mass is 79.9. The van der Waals surface area contributed by atoms with E-state index in [1.165, 1.54) is 0 Å². The largest absolute Gasteiger partial charge is 0.494 e. The molecule has 2 atom stereocenters. The van der Waals surface area contributed by atoms with Crippen LogP contribution in [0.2, 0.25) is 0 Å². The number of hydrogen-bond acceptors (Lipinski definition) is 6. The van der Waals surface area contributed by atoms with Crippen molar-refractivity contribution in [3.8, 4) is 5.75 Å². The van der Waals surface area contributed by atoms with E-state index in [0.717, 1.165) is 20.1 Å². The standard InChI is InChI=1S/C26H25Br2N3O4/c27-20-8-2-17(3-9-20)16-26(25(33)31-29)23(18-4-10-21(28)11-5-18)35-24(30-26)19-6-12-22(13-7-19)34-15-1-14-32/h2-13,23,32H,1,14-16,29H2,(H,31,33)/t23-,26-/m0/s1. The Kier molecular flexibility index (Phi) is 8.22. The Bertz CT molecular complexity index is 1180. The van der Waals surface area contributed by atoms with Crippen molar-refractivity contribution in [3.63, 3.8) is 0 Å². The van der Waals surface area contributed by atoms with Crippen molar-refractivity contribution in [2.75, 3.05) is 13.2 Å². The Morgan fingerprint density at radius 1 is 1.03 bits per heavy atom. The number of nitrogens with one attached hydrogen (secondary N) is 1. The van der Waals surface area contributed by atoms with Crippen LogP contribution in [0.25, 0.3) is 0 Å². The molecular weight excluding hydrogens is 578 g/mol. The van der Waals surface area contributed by atoms with Crippen LogP contribution in [0.15, 0.2) is 86.7 Å². The monoisotopic (exact) mass is 601 g/mol. The minimum absolute atomic E-state index is 0.0732. The summed E-state index contributed by atoms with van der Waals surface area (Å²) in [7, 11) is 0. The number of aliphatic imine (C=N–C) groups is 1. The summed E-state index contributed by atoms with van der Waals surface area (Å²) in [6.45, 7) is 0.496. The maximum Gasteiger partial charge on any atom is 0.266 e. The van der Waals surface area contributed by atoms with E-state index in [1.807, 2.05) is 72.8 Å². The number of ether oxygens (including phenoxy) is 2. The Hall–Kier alpha value is -2.72. The summed E-state index contributed by atoms with van der Waals surface area (Å²) >= 11 is 6.92. The lowest BCUT2D eigenvalue weighted by Gasteiger charge is -2.30. The second-order valence-corrected chi connectivity index (χ2v) is 9.95. The van der Waals surface area contributed by atoms with Gasteiger partial charge in [-0.2, -0.15) is 0 Å². The van der Waals surface area contributed by atoms with Gasteiger partial charge in [0.1, 0.15) is 5.75 Å². The highest BCUT2D eigenvalue weighted by molar-refractivity contribution is 9.10. The van der Waals surface area contributed by atoms with Gasteiger partial charge in [0.2, 0.25) is 5.90 Å². The molecule has 182 valence electrons. The minimum Gasteiger partial charge on any atom is -0.494 e. The molecule has 4 N–H and O–H groups in total. The molecule has 0 bridgehead atoms. The molecule has 1 heterocycles. The lowest BCUT2D eigenvalue weighted by molar-refractivity contribution is -0.129. The zero-order chi connectivity index (χ0) is 24.8. The molecule has 0 aliphatic carbocycles. The van der Waals surface area contributed by atoms with Gasteiger partial charge in [0.25, 0.3) is 5.91 Å². The Balaban J connectivity index is 1.74. The van der Waals surface area contributed by atoms with E-state index in [9.17, 15) is 4.79 Å². The summed E-state index contributed by atoms with van der Waals surface area (Å²) in [5.74, 6) is 6.25. The SMILES string of the molecule is NNC(=O)[C@@]1(Cc2ccc(Br)cc2)N=C(c2ccc(OCCCO)cc2)O[C@H]1c1ccc(Br)cc1. The van der Waals surface area contributed by atoms with Crippen LogP contribution < -0.4 is 16.0 Å². The number of aliphatic hydroxyl groups excluding tert-OH is 1. The van der Waals surface area contributed by atoms with Crippen LogP contribution in [0.4, 0.5) is 0 Å². The van der Waals surface area contributed by atoms with Gasteiger partial charge < -0.3 is 14.6 Å². The first-order valence-electron chi connectivity index (χ1n) is 11.1. The number of halogens is 2. The molecule has 0 spiro atoms. The summed E-state index contributed by atoms with van der Waals surface area (Å²) in [5, 5.41) is 8.94. The van der Waals surface area contributed by atoms with Gasteiger partial charge in [-0.05, 0) is 59.7 Å². The van der Waals surface area contributed by atoms with Crippen molar-refractivity contribution in [1.29, 1.82) is 0 Å². The smallest absolute Gasteiger partial charge is 0.266 e. The predicted molar refractivity (Wildman–Crippen MR) is 141 cm³/mol. The average Bonchev–Trinajstić information content (AvgIpc) is 3.26. The van der Waals surface area contributed by atoms with Gasteiger partial charge in [-0.3, -0.25) is 10.2 Å². The fourth-order valence-electron chi connectivity index (χ4n) is 3.96. The first kappa shape index (κ1) is 25.4. The van der Waals surface area contributed by atoms with E-state index in [2.05, 4.69) is 37.3 Å². The average molecular weight is 603 g/mol. The maximum absolute atomic E-state index is 13.4. The third-order valence-corrected chi connectivity index (χ3v) is 6.78. The van der Waals surface area contributed by atoms with E-state index in [1.54, 1.807) is 0 Å². The van der Waals surface area contributed by atoms with Gasteiger partial charge >= 0.3 is 0 Å². The number of amides is 1. The van der Waals surface area contributed by atoms with E-state index in [-0.39, 0.29) is 13.0 Å². The molecule has 0 saturated heterocycles. The molecule has 0 saturated carbocycles. The number of hydrogen-bond donors (Lipinski definition) is 3. The highest BCUT2D eigenvalue weighted by Gasteiger charge is 2.53. The summed E-state index contributed by atoms with van der Waals surface area (Å²) in [6.07, 6.45) is 0.146. The minimum atomic E-state index is -1.32. The summed E-state index contributed by atoms with van der Waals surface area (Å²) in [6, 6.07) is 22.7. The van der Waals surface area contributed by atoms with Crippen LogP contribution in [0, 0.1) is 0 Å². The number of aliphatic hydroxyl groups is 1. The second kappa shape index (κ2) is 11.3. The normalized spacial score (nSPS) is 19.1. The molecule has 0 aromatic heterocycles. The zero-order valence-electron chi connectivity index (χ0n) is 18.8. The van der Waals surface area contributed by atoms with E-state index < -0.39 is 17.6 Å². The highest BCUT2D eigenvalue weighted by Crippen LogP contribution is 2.42. The number of nitrogens with two attached hydrogens (primary N) is 1. The first-order valence-corrected chi connectivity index (χ1v) is 12.7. The quantitative estimate of drug-likeness (QED) is 0.145. The summed E-state index contributed by atoms with van der Waals surface area (Å²) in [4.78, 5) is 18.2. The molecule has 9 heteroatoms. The lowest BCUT2D eigenvalue weighted by Crippen LogP contribution is -2.52. The molecule has 3 aromatic rings. The molecule has 0 radical (unpaired) electrons. The Morgan fingerprint density at radius 2 is 1.66 bits per heavy atom. The first-order chi connectivity index (χ1) is 16.9. The van der Waals surface area contributed by atoms with Crippen LogP contribution >= 0.6 is 31.9 Å². The number of hydrazine groups is 1. The van der Waals surface area contributed by atoms with Crippen molar-refractivity contribution in [1.82, 2.24) is 5.43 Å². The number of carbonyl (C=O) groups excluding carboxylic acids is 1. The van der Waals surface area contributed by atoms with Gasteiger partial charge in [0, 0.05) is 34.0 Å². The van der Waals surface area contributed by atoms with Gasteiger partial charge in [-0.1, -0.05) is 56.1 Å². The fourth-order valence-corrected chi connectivity index (χ4v) is 4.49. The van der Waals surface area contributed by atoms with Gasteiger partial charge in [-0.15, -0.1) is 0 Å².